The minimum atomic E-state index is -0.361. The monoisotopic (exact) mass is 1090 g/mol. The van der Waals surface area contributed by atoms with Crippen molar-refractivity contribution in [3.05, 3.63) is 0 Å². The molecular formula is C73H136N2O3. The van der Waals surface area contributed by atoms with Gasteiger partial charge in [-0.1, -0.05) is 157 Å². The van der Waals surface area contributed by atoms with Crippen LogP contribution in [-0.4, -0.2) is 68.4 Å². The van der Waals surface area contributed by atoms with Crippen molar-refractivity contribution < 1.29 is 14.3 Å². The summed E-state index contributed by atoms with van der Waals surface area (Å²) in [4.78, 5) is 19.1. The lowest BCUT2D eigenvalue weighted by Gasteiger charge is -2.32. The van der Waals surface area contributed by atoms with Crippen LogP contribution in [0.5, 0.6) is 0 Å². The SMILES string of the molecule is CCCCCCCCCCC(CCCCC(CCC1CC1CC1CC1CC1CC1CC)C(CC)N(C)C)OC(=O)OC(CCCCCCCCCC)CCCCC(CCC1CC1CC1CC1CC1CC1CC)C(CC)N(C)C. The molecule has 0 aromatic rings. The molecule has 18 atom stereocenters. The number of hydrogen-bond donors (Lipinski definition) is 0. The van der Waals surface area contributed by atoms with Gasteiger partial charge in [0.1, 0.15) is 12.2 Å². The fraction of sp³-hybridized carbons (Fsp3) is 0.986. The van der Waals surface area contributed by atoms with Gasteiger partial charge in [-0.05, 0) is 278 Å². The summed E-state index contributed by atoms with van der Waals surface area (Å²) >= 11 is 0. The Labute approximate surface area is 487 Å². The van der Waals surface area contributed by atoms with Crippen molar-refractivity contribution >= 4 is 6.16 Å². The second-order valence-electron chi connectivity index (χ2n) is 29.7. The van der Waals surface area contributed by atoms with Gasteiger partial charge in [0.15, 0.2) is 0 Å². The molecule has 6 fully saturated rings. The van der Waals surface area contributed by atoms with Crippen LogP contribution in [0, 0.1) is 82.9 Å². The van der Waals surface area contributed by atoms with Crippen molar-refractivity contribution in [1.82, 2.24) is 9.80 Å². The molecule has 0 heterocycles. The first kappa shape index (κ1) is 66.3. The molecule has 6 aliphatic rings. The van der Waals surface area contributed by atoms with E-state index >= 15 is 0 Å². The Morgan fingerprint density at radius 1 is 0.346 bits per heavy atom. The predicted molar refractivity (Wildman–Crippen MR) is 336 cm³/mol. The van der Waals surface area contributed by atoms with Crippen molar-refractivity contribution in [3.8, 4) is 0 Å². The van der Waals surface area contributed by atoms with Gasteiger partial charge < -0.3 is 19.3 Å². The van der Waals surface area contributed by atoms with Gasteiger partial charge in [0, 0.05) is 12.1 Å². The lowest BCUT2D eigenvalue weighted by atomic mass is 9.86. The highest BCUT2D eigenvalue weighted by atomic mass is 16.7. The number of ether oxygens (including phenoxy) is 2. The lowest BCUT2D eigenvalue weighted by molar-refractivity contribution is -0.0124. The van der Waals surface area contributed by atoms with E-state index in [1.165, 1.54) is 193 Å². The highest BCUT2D eigenvalue weighted by Gasteiger charge is 2.50. The number of hydrogen-bond acceptors (Lipinski definition) is 5. The van der Waals surface area contributed by atoms with Crippen molar-refractivity contribution in [2.24, 2.45) is 82.9 Å². The number of unbranched alkanes of at least 4 members (excludes halogenated alkanes) is 16. The molecule has 0 amide bonds. The Morgan fingerprint density at radius 3 is 0.923 bits per heavy atom. The summed E-state index contributed by atoms with van der Waals surface area (Å²) in [5.41, 5.74) is 0. The number of nitrogens with zero attached hydrogens (tertiary/aromatic N) is 2. The molecule has 78 heavy (non-hydrogen) atoms. The van der Waals surface area contributed by atoms with E-state index in [1.54, 1.807) is 38.5 Å². The van der Waals surface area contributed by atoms with E-state index in [-0.39, 0.29) is 18.4 Å². The molecule has 6 rings (SSSR count). The van der Waals surface area contributed by atoms with Gasteiger partial charge >= 0.3 is 6.16 Å². The van der Waals surface area contributed by atoms with Gasteiger partial charge in [0.2, 0.25) is 0 Å². The topological polar surface area (TPSA) is 42.0 Å². The molecule has 0 bridgehead atoms. The zero-order valence-electron chi connectivity index (χ0n) is 54.1. The smallest absolute Gasteiger partial charge is 0.431 e. The molecule has 18 unspecified atom stereocenters. The van der Waals surface area contributed by atoms with Crippen LogP contribution in [-0.2, 0) is 9.47 Å². The molecule has 0 aromatic carbocycles. The van der Waals surface area contributed by atoms with Crippen molar-refractivity contribution in [1.29, 1.82) is 0 Å². The molecule has 0 spiro atoms. The molecule has 5 heteroatoms. The van der Waals surface area contributed by atoms with Gasteiger partial charge in [0.25, 0.3) is 0 Å². The van der Waals surface area contributed by atoms with E-state index in [1.807, 2.05) is 0 Å². The molecule has 456 valence electrons. The average molecular weight is 1090 g/mol. The average Bonchev–Trinajstić information content (AvgIpc) is 4.25. The quantitative estimate of drug-likeness (QED) is 0.0449. The van der Waals surface area contributed by atoms with Crippen molar-refractivity contribution in [2.75, 3.05) is 28.2 Å². The maximum Gasteiger partial charge on any atom is 0.508 e. The standard InChI is InChI=1S/C73H136N2O3/c1-11-17-19-21-23-25-27-29-37-69(39-33-31-35-57(71(15-5)74(7)8)41-43-59-47-63(59)51-67-53-65(67)49-61-45-55(61)13-3)77-73(76)78-70(38-30-28-26-24-22-20-18-12-2)40-34-32-36-58(72(16-6)75(9)10)42-44-60-48-64(60)52-68-54-66(68)50-62-46-56(62)14-4/h55-72H,11-54H2,1-10H3. The van der Waals surface area contributed by atoms with E-state index in [9.17, 15) is 4.79 Å². The normalized spacial score (nSPS) is 30.0. The third kappa shape index (κ3) is 25.6. The first-order valence-corrected chi connectivity index (χ1v) is 36.2. The van der Waals surface area contributed by atoms with E-state index in [0.29, 0.717) is 12.1 Å². The van der Waals surface area contributed by atoms with Crippen LogP contribution < -0.4 is 0 Å². The molecule has 0 aromatic heterocycles. The van der Waals surface area contributed by atoms with E-state index < -0.39 is 0 Å². The summed E-state index contributed by atoms with van der Waals surface area (Å²) in [6.45, 7) is 14.3. The highest BCUT2D eigenvalue weighted by Crippen LogP contribution is 2.60. The number of carbonyl (C=O) groups is 1. The Hall–Kier alpha value is -0.810. The predicted octanol–water partition coefficient (Wildman–Crippen LogP) is 21.7. The van der Waals surface area contributed by atoms with E-state index in [2.05, 4.69) is 79.5 Å². The summed E-state index contributed by atoms with van der Waals surface area (Å²) in [6, 6.07) is 1.32. The van der Waals surface area contributed by atoms with Crippen LogP contribution in [0.1, 0.15) is 324 Å². The van der Waals surface area contributed by atoms with Crippen LogP contribution in [0.3, 0.4) is 0 Å². The summed E-state index contributed by atoms with van der Waals surface area (Å²) in [7, 11) is 9.30. The molecular weight excluding hydrogens is 953 g/mol. The Kier molecular flexibility index (Phi) is 31.3. The first-order valence-electron chi connectivity index (χ1n) is 36.2. The van der Waals surface area contributed by atoms with Crippen LogP contribution in [0.15, 0.2) is 0 Å². The van der Waals surface area contributed by atoms with E-state index in [4.69, 9.17) is 9.47 Å². The Bertz CT molecular complexity index is 1440. The van der Waals surface area contributed by atoms with E-state index in [0.717, 1.165) is 134 Å². The maximum absolute atomic E-state index is 14.1. The third-order valence-corrected chi connectivity index (χ3v) is 22.9. The highest BCUT2D eigenvalue weighted by molar-refractivity contribution is 5.60. The second-order valence-corrected chi connectivity index (χ2v) is 29.7. The zero-order valence-corrected chi connectivity index (χ0v) is 54.1. The maximum atomic E-state index is 14.1. The Balaban J connectivity index is 0.959. The molecule has 0 saturated heterocycles. The molecule has 0 radical (unpaired) electrons. The molecule has 0 aliphatic heterocycles. The second kappa shape index (κ2) is 36.8. The largest absolute Gasteiger partial charge is 0.508 e. The van der Waals surface area contributed by atoms with Gasteiger partial charge in [-0.3, -0.25) is 0 Å². The zero-order chi connectivity index (χ0) is 55.7. The fourth-order valence-corrected chi connectivity index (χ4v) is 17.0. The van der Waals surface area contributed by atoms with Crippen molar-refractivity contribution in [2.45, 2.75) is 348 Å². The lowest BCUT2D eigenvalue weighted by Crippen LogP contribution is -2.35. The van der Waals surface area contributed by atoms with Crippen LogP contribution >= 0.6 is 0 Å². The van der Waals surface area contributed by atoms with Gasteiger partial charge in [-0.15, -0.1) is 0 Å². The van der Waals surface area contributed by atoms with Gasteiger partial charge in [-0.25, -0.2) is 4.79 Å². The minimum absolute atomic E-state index is 0.0206. The van der Waals surface area contributed by atoms with Gasteiger partial charge in [0.05, 0.1) is 0 Å². The Morgan fingerprint density at radius 2 is 0.615 bits per heavy atom. The summed E-state index contributed by atoms with van der Waals surface area (Å²) in [6.07, 6.45) is 58.4. The fourth-order valence-electron chi connectivity index (χ4n) is 17.0. The number of carbonyl (C=O) groups excluding carboxylic acids is 1. The van der Waals surface area contributed by atoms with Gasteiger partial charge in [-0.2, -0.15) is 0 Å². The summed E-state index contributed by atoms with van der Waals surface area (Å²) in [5.74, 6) is 14.3. The van der Waals surface area contributed by atoms with Crippen LogP contribution in [0.4, 0.5) is 4.79 Å². The summed E-state index contributed by atoms with van der Waals surface area (Å²) < 4.78 is 13.0. The number of rotatable bonds is 52. The van der Waals surface area contributed by atoms with Crippen LogP contribution in [0.2, 0.25) is 0 Å². The first-order chi connectivity index (χ1) is 38.0. The molecule has 6 aliphatic carbocycles. The molecule has 6 saturated carbocycles. The minimum Gasteiger partial charge on any atom is -0.431 e. The third-order valence-electron chi connectivity index (χ3n) is 22.9. The summed E-state index contributed by atoms with van der Waals surface area (Å²) in [5, 5.41) is 0. The van der Waals surface area contributed by atoms with Crippen molar-refractivity contribution in [3.63, 3.8) is 0 Å². The molecule has 5 nitrogen and oxygen atoms in total. The van der Waals surface area contributed by atoms with Crippen LogP contribution in [0.25, 0.3) is 0 Å². The molecule has 0 N–H and O–H groups in total.